The third-order valence-electron chi connectivity index (χ3n) is 4.90. The predicted molar refractivity (Wildman–Crippen MR) is 95.7 cm³/mol. The summed E-state index contributed by atoms with van der Waals surface area (Å²) in [6, 6.07) is 0. The zero-order valence-electron chi connectivity index (χ0n) is 15.5. The fourth-order valence-electron chi connectivity index (χ4n) is 3.46. The van der Waals surface area contributed by atoms with Crippen LogP contribution in [0.5, 0.6) is 0 Å². The molecular formula is C18H25N5O3. The van der Waals surface area contributed by atoms with Gasteiger partial charge in [0.15, 0.2) is 0 Å². The number of carbonyl (C=O) groups excluding carboxylic acids is 1. The van der Waals surface area contributed by atoms with Gasteiger partial charge in [0.05, 0.1) is 30.5 Å². The fourth-order valence-corrected chi connectivity index (χ4v) is 3.46. The van der Waals surface area contributed by atoms with Crippen LogP contribution in [0.4, 0.5) is 5.82 Å². The monoisotopic (exact) mass is 359 g/mol. The number of amides is 1. The molecule has 0 unspecified atom stereocenters. The second kappa shape index (κ2) is 7.41. The minimum Gasteiger partial charge on any atom is -0.386 e. The van der Waals surface area contributed by atoms with Crippen LogP contribution in [0.15, 0.2) is 23.1 Å². The highest BCUT2D eigenvalue weighted by atomic mass is 16.5. The zero-order valence-corrected chi connectivity index (χ0v) is 15.5. The van der Waals surface area contributed by atoms with E-state index < -0.39 is 5.60 Å². The third-order valence-corrected chi connectivity index (χ3v) is 4.90. The molecule has 1 aliphatic heterocycles. The maximum atomic E-state index is 12.6. The van der Waals surface area contributed by atoms with Crippen LogP contribution in [0.2, 0.25) is 0 Å². The zero-order chi connectivity index (χ0) is 18.7. The molecular weight excluding hydrogens is 334 g/mol. The molecule has 140 valence electrons. The summed E-state index contributed by atoms with van der Waals surface area (Å²) in [5.41, 5.74) is 0.576. The van der Waals surface area contributed by atoms with Crippen molar-refractivity contribution in [1.29, 1.82) is 0 Å². The molecule has 1 amide bonds. The van der Waals surface area contributed by atoms with Crippen molar-refractivity contribution in [3.05, 3.63) is 35.6 Å². The number of aromatic nitrogens is 3. The van der Waals surface area contributed by atoms with E-state index in [-0.39, 0.29) is 18.9 Å². The smallest absolute Gasteiger partial charge is 0.227 e. The molecule has 26 heavy (non-hydrogen) atoms. The number of carbonyl (C=O) groups is 1. The molecule has 2 aromatic rings. The SMILES string of the molecule is Cc1noc(C)c1CC(=O)N(C)C[C@]1(O)CCCN(c2cnccn2)C1. The topological polar surface area (TPSA) is 95.6 Å². The molecule has 0 aromatic carbocycles. The van der Waals surface area contributed by atoms with Crippen LogP contribution < -0.4 is 4.90 Å². The van der Waals surface area contributed by atoms with E-state index in [1.165, 1.54) is 0 Å². The van der Waals surface area contributed by atoms with Gasteiger partial charge in [0.2, 0.25) is 5.91 Å². The van der Waals surface area contributed by atoms with Gasteiger partial charge in [-0.3, -0.25) is 9.78 Å². The summed E-state index contributed by atoms with van der Waals surface area (Å²) in [4.78, 5) is 24.6. The molecule has 3 rings (SSSR count). The summed E-state index contributed by atoms with van der Waals surface area (Å²) in [7, 11) is 1.72. The van der Waals surface area contributed by atoms with E-state index in [0.29, 0.717) is 18.7 Å². The average molecular weight is 359 g/mol. The van der Waals surface area contributed by atoms with Gasteiger partial charge in [-0.05, 0) is 26.7 Å². The molecule has 0 aliphatic carbocycles. The number of rotatable bonds is 5. The van der Waals surface area contributed by atoms with Crippen molar-refractivity contribution >= 4 is 11.7 Å². The molecule has 1 fully saturated rings. The van der Waals surface area contributed by atoms with Gasteiger partial charge in [-0.15, -0.1) is 0 Å². The molecule has 8 heteroatoms. The summed E-state index contributed by atoms with van der Waals surface area (Å²) in [6.07, 6.45) is 6.66. The number of aliphatic hydroxyl groups is 1. The second-order valence-corrected chi connectivity index (χ2v) is 7.04. The summed E-state index contributed by atoms with van der Waals surface area (Å²) in [5.74, 6) is 1.34. The van der Waals surface area contributed by atoms with Gasteiger partial charge in [-0.1, -0.05) is 5.16 Å². The Labute approximate surface area is 152 Å². The van der Waals surface area contributed by atoms with E-state index in [1.807, 2.05) is 11.8 Å². The van der Waals surface area contributed by atoms with Crippen molar-refractivity contribution in [3.63, 3.8) is 0 Å². The van der Waals surface area contributed by atoms with E-state index in [2.05, 4.69) is 15.1 Å². The number of piperidine rings is 1. The molecule has 1 N–H and O–H groups in total. The van der Waals surface area contributed by atoms with Crippen molar-refractivity contribution < 1.29 is 14.4 Å². The average Bonchev–Trinajstić information content (AvgIpc) is 2.94. The van der Waals surface area contributed by atoms with Gasteiger partial charge in [0.25, 0.3) is 0 Å². The van der Waals surface area contributed by atoms with Crippen LogP contribution >= 0.6 is 0 Å². The molecule has 0 bridgehead atoms. The lowest BCUT2D eigenvalue weighted by molar-refractivity contribution is -0.132. The number of nitrogens with zero attached hydrogens (tertiary/aromatic N) is 5. The van der Waals surface area contributed by atoms with E-state index in [4.69, 9.17) is 4.52 Å². The van der Waals surface area contributed by atoms with Gasteiger partial charge in [-0.2, -0.15) is 0 Å². The number of hydrogen-bond donors (Lipinski definition) is 1. The molecule has 1 atom stereocenters. The summed E-state index contributed by atoms with van der Waals surface area (Å²) < 4.78 is 5.12. The third kappa shape index (κ3) is 4.01. The Morgan fingerprint density at radius 2 is 2.23 bits per heavy atom. The Hall–Kier alpha value is -2.48. The van der Waals surface area contributed by atoms with Crippen molar-refractivity contribution in [2.24, 2.45) is 0 Å². The highest BCUT2D eigenvalue weighted by molar-refractivity contribution is 5.79. The van der Waals surface area contributed by atoms with Crippen LogP contribution in [0.1, 0.15) is 29.9 Å². The number of likely N-dealkylation sites (N-methyl/N-ethyl adjacent to an activating group) is 1. The molecule has 2 aromatic heterocycles. The summed E-state index contributed by atoms with van der Waals surface area (Å²) in [6.45, 7) is 5.14. The van der Waals surface area contributed by atoms with E-state index in [0.717, 1.165) is 30.0 Å². The molecule has 8 nitrogen and oxygen atoms in total. The predicted octanol–water partition coefficient (Wildman–Crippen LogP) is 1.11. The van der Waals surface area contributed by atoms with Crippen molar-refractivity contribution in [1.82, 2.24) is 20.0 Å². The molecule has 0 spiro atoms. The lowest BCUT2D eigenvalue weighted by Gasteiger charge is -2.41. The lowest BCUT2D eigenvalue weighted by atomic mass is 9.92. The first kappa shape index (κ1) is 18.3. The normalized spacial score (nSPS) is 20.2. The maximum Gasteiger partial charge on any atom is 0.227 e. The lowest BCUT2D eigenvalue weighted by Crippen LogP contribution is -2.55. The Morgan fingerprint density at radius 1 is 1.42 bits per heavy atom. The van der Waals surface area contributed by atoms with E-state index in [1.54, 1.807) is 37.5 Å². The van der Waals surface area contributed by atoms with Crippen LogP contribution in [-0.2, 0) is 11.2 Å². The maximum absolute atomic E-state index is 12.6. The molecule has 1 saturated heterocycles. The fraction of sp³-hybridized carbons (Fsp3) is 0.556. The Kier molecular flexibility index (Phi) is 5.22. The highest BCUT2D eigenvalue weighted by Crippen LogP contribution is 2.25. The standard InChI is InChI=1S/C18H25N5O3/c1-13-15(14(2)26-21-13)9-17(24)22(3)11-18(25)5-4-8-23(12-18)16-10-19-6-7-20-16/h6-7,10,25H,4-5,8-9,11-12H2,1-3H3/t18-/m1/s1. The largest absolute Gasteiger partial charge is 0.386 e. The highest BCUT2D eigenvalue weighted by Gasteiger charge is 2.36. The van der Waals surface area contributed by atoms with Crippen molar-refractivity contribution in [2.45, 2.75) is 38.7 Å². The minimum atomic E-state index is -0.973. The van der Waals surface area contributed by atoms with Crippen LogP contribution in [0.3, 0.4) is 0 Å². The van der Waals surface area contributed by atoms with Crippen LogP contribution in [0.25, 0.3) is 0 Å². The Bertz CT molecular complexity index is 744. The molecule has 0 radical (unpaired) electrons. The first-order valence-corrected chi connectivity index (χ1v) is 8.77. The second-order valence-electron chi connectivity index (χ2n) is 7.04. The van der Waals surface area contributed by atoms with Crippen molar-refractivity contribution in [2.75, 3.05) is 31.6 Å². The summed E-state index contributed by atoms with van der Waals surface area (Å²) in [5, 5.41) is 14.9. The number of β-amino-alcohol motifs (C(OH)–C–C–N with tert-alkyl or cyclic N) is 1. The Morgan fingerprint density at radius 3 is 2.88 bits per heavy atom. The van der Waals surface area contributed by atoms with Gasteiger partial charge < -0.3 is 19.4 Å². The van der Waals surface area contributed by atoms with Crippen molar-refractivity contribution in [3.8, 4) is 0 Å². The first-order chi connectivity index (χ1) is 12.4. The van der Waals surface area contributed by atoms with Gasteiger partial charge in [0.1, 0.15) is 11.6 Å². The molecule has 3 heterocycles. The number of anilines is 1. The number of aryl methyl sites for hydroxylation is 2. The molecule has 0 saturated carbocycles. The minimum absolute atomic E-state index is 0.0653. The Balaban J connectivity index is 1.64. The quantitative estimate of drug-likeness (QED) is 0.854. The van der Waals surface area contributed by atoms with Gasteiger partial charge in [0, 0.05) is 38.1 Å². The van der Waals surface area contributed by atoms with E-state index in [9.17, 15) is 9.90 Å². The van der Waals surface area contributed by atoms with Crippen LogP contribution in [0, 0.1) is 13.8 Å². The first-order valence-electron chi connectivity index (χ1n) is 8.77. The van der Waals surface area contributed by atoms with Crippen LogP contribution in [-0.4, -0.2) is 63.3 Å². The summed E-state index contributed by atoms with van der Waals surface area (Å²) >= 11 is 0. The van der Waals surface area contributed by atoms with Gasteiger partial charge >= 0.3 is 0 Å². The van der Waals surface area contributed by atoms with E-state index >= 15 is 0 Å². The van der Waals surface area contributed by atoms with Gasteiger partial charge in [-0.25, -0.2) is 4.98 Å². The number of hydrogen-bond acceptors (Lipinski definition) is 7. The molecule has 1 aliphatic rings.